The summed E-state index contributed by atoms with van der Waals surface area (Å²) in [7, 11) is 0. The lowest BCUT2D eigenvalue weighted by Crippen LogP contribution is -2.27. The minimum Gasteiger partial charge on any atom is -0.327 e. The minimum absolute atomic E-state index is 0.534. The first-order valence-electron chi connectivity index (χ1n) is 9.46. The van der Waals surface area contributed by atoms with Gasteiger partial charge in [-0.15, -0.1) is 0 Å². The molecule has 5 heteroatoms. The van der Waals surface area contributed by atoms with E-state index in [4.69, 9.17) is 20.9 Å². The second-order valence-electron chi connectivity index (χ2n) is 6.22. The SMILES string of the molecule is CCOP(=S)(C=P(c1ccccc1)(c1ccccc1)c1ccccc1)OCC. The summed E-state index contributed by atoms with van der Waals surface area (Å²) in [6, 6.07) is 31.9. The van der Waals surface area contributed by atoms with Crippen LogP contribution in [0.3, 0.4) is 0 Å². The maximum atomic E-state index is 6.07. The average molecular weight is 428 g/mol. The van der Waals surface area contributed by atoms with Gasteiger partial charge in [0.1, 0.15) is 0 Å². The minimum atomic E-state index is -2.58. The summed E-state index contributed by atoms with van der Waals surface area (Å²) in [5, 5.41) is 3.75. The molecule has 0 fully saturated rings. The van der Waals surface area contributed by atoms with Crippen LogP contribution >= 0.6 is 13.4 Å². The number of hydrogen-bond donors (Lipinski definition) is 0. The van der Waals surface area contributed by atoms with E-state index in [1.54, 1.807) is 0 Å². The van der Waals surface area contributed by atoms with Gasteiger partial charge in [-0.1, -0.05) is 91.0 Å². The van der Waals surface area contributed by atoms with Crippen molar-refractivity contribution >= 4 is 46.6 Å². The van der Waals surface area contributed by atoms with Gasteiger partial charge < -0.3 is 9.05 Å². The van der Waals surface area contributed by atoms with Gasteiger partial charge in [-0.05, 0) is 48.5 Å². The first-order chi connectivity index (χ1) is 13.6. The van der Waals surface area contributed by atoms with Crippen LogP contribution in [0.15, 0.2) is 91.0 Å². The molecule has 28 heavy (non-hydrogen) atoms. The Bertz CT molecular complexity index is 860. The van der Waals surface area contributed by atoms with Crippen LogP contribution in [0.1, 0.15) is 13.8 Å². The number of hydrogen-bond acceptors (Lipinski definition) is 3. The second kappa shape index (κ2) is 9.83. The highest BCUT2D eigenvalue weighted by molar-refractivity contribution is 8.23. The first kappa shape index (κ1) is 21.2. The van der Waals surface area contributed by atoms with Crippen molar-refractivity contribution in [3.05, 3.63) is 91.0 Å². The molecule has 0 N–H and O–H groups in total. The molecule has 0 saturated carbocycles. The first-order valence-corrected chi connectivity index (χ1v) is 14.0. The van der Waals surface area contributed by atoms with Crippen molar-refractivity contribution in [3.8, 4) is 0 Å². The Morgan fingerprint density at radius 3 is 1.25 bits per heavy atom. The van der Waals surface area contributed by atoms with Crippen LogP contribution < -0.4 is 15.9 Å². The highest BCUT2D eigenvalue weighted by Crippen LogP contribution is 2.56. The molecule has 3 aromatic carbocycles. The van der Waals surface area contributed by atoms with Crippen molar-refractivity contribution in [3.63, 3.8) is 0 Å². The van der Waals surface area contributed by atoms with Crippen molar-refractivity contribution in [1.82, 2.24) is 0 Å². The van der Waals surface area contributed by atoms with Gasteiger partial charge in [-0.3, -0.25) is 0 Å². The normalized spacial score (nSPS) is 11.9. The quantitative estimate of drug-likeness (QED) is 0.464. The van der Waals surface area contributed by atoms with E-state index < -0.39 is 13.4 Å². The molecule has 0 aromatic heterocycles. The standard InChI is InChI=1S/C23H26O2P2S/c1-3-24-27(28,25-4-2)20-26(21-14-8-5-9-15-21,22-16-10-6-11-17-22)23-18-12-7-13-19-23/h5-20H,3-4H2,1-2H3. The fraction of sp³-hybridized carbons (Fsp3) is 0.174. The van der Waals surface area contributed by atoms with Gasteiger partial charge in [0.2, 0.25) is 6.49 Å². The van der Waals surface area contributed by atoms with E-state index in [0.717, 1.165) is 0 Å². The molecule has 0 aliphatic carbocycles. The van der Waals surface area contributed by atoms with E-state index in [9.17, 15) is 0 Å². The van der Waals surface area contributed by atoms with E-state index in [1.807, 2.05) is 13.8 Å². The monoisotopic (exact) mass is 428 g/mol. The molecule has 146 valence electrons. The van der Waals surface area contributed by atoms with Gasteiger partial charge in [-0.2, -0.15) is 0 Å². The lowest BCUT2D eigenvalue weighted by atomic mass is 10.4. The molecule has 0 radical (unpaired) electrons. The third kappa shape index (κ3) is 4.57. The molecule has 0 heterocycles. The Kier molecular flexibility index (Phi) is 7.46. The Hall–Kier alpha value is -1.47. The van der Waals surface area contributed by atoms with Crippen molar-refractivity contribution in [2.75, 3.05) is 13.2 Å². The van der Waals surface area contributed by atoms with Crippen LogP contribution in [0.2, 0.25) is 0 Å². The summed E-state index contributed by atoms with van der Waals surface area (Å²) in [4.78, 5) is 0. The zero-order chi connectivity index (χ0) is 19.9. The molecule has 3 rings (SSSR count). The third-order valence-electron chi connectivity index (χ3n) is 4.42. The topological polar surface area (TPSA) is 18.5 Å². The summed E-state index contributed by atoms with van der Waals surface area (Å²) < 4.78 is 12.1. The van der Waals surface area contributed by atoms with Gasteiger partial charge in [0, 0.05) is 5.54 Å². The smallest absolute Gasteiger partial charge is 0.213 e. The van der Waals surface area contributed by atoms with E-state index >= 15 is 0 Å². The van der Waals surface area contributed by atoms with Crippen molar-refractivity contribution in [2.45, 2.75) is 13.8 Å². The maximum absolute atomic E-state index is 6.07. The van der Waals surface area contributed by atoms with Crippen LogP contribution in [0.5, 0.6) is 0 Å². The van der Waals surface area contributed by atoms with Crippen molar-refractivity contribution in [2.24, 2.45) is 0 Å². The predicted molar refractivity (Wildman–Crippen MR) is 129 cm³/mol. The highest BCUT2D eigenvalue weighted by atomic mass is 32.5. The molecular weight excluding hydrogens is 402 g/mol. The fourth-order valence-corrected chi connectivity index (χ4v) is 12.7. The third-order valence-corrected chi connectivity index (χ3v) is 13.0. The zero-order valence-corrected chi connectivity index (χ0v) is 18.9. The highest BCUT2D eigenvalue weighted by Gasteiger charge is 2.29. The second-order valence-corrected chi connectivity index (χ2v) is 13.3. The van der Waals surface area contributed by atoms with Gasteiger partial charge >= 0.3 is 0 Å². The largest absolute Gasteiger partial charge is 0.327 e. The lowest BCUT2D eigenvalue weighted by molar-refractivity contribution is 0.278. The van der Waals surface area contributed by atoms with E-state index in [0.29, 0.717) is 13.2 Å². The lowest BCUT2D eigenvalue weighted by Gasteiger charge is -2.31. The van der Waals surface area contributed by atoms with Gasteiger partial charge in [0.05, 0.1) is 13.2 Å². The van der Waals surface area contributed by atoms with Crippen LogP contribution in [0, 0.1) is 0 Å². The number of benzene rings is 3. The molecule has 0 aliphatic rings. The predicted octanol–water partition coefficient (Wildman–Crippen LogP) is 5.12. The fourth-order valence-electron chi connectivity index (χ4n) is 3.31. The van der Waals surface area contributed by atoms with E-state index in [1.165, 1.54) is 15.9 Å². The maximum Gasteiger partial charge on any atom is 0.213 e. The van der Waals surface area contributed by atoms with Gasteiger partial charge in [0.25, 0.3) is 0 Å². The Balaban J connectivity index is 2.44. The van der Waals surface area contributed by atoms with Crippen molar-refractivity contribution < 1.29 is 9.05 Å². The molecular formula is C23H26O2P2S. The summed E-state index contributed by atoms with van der Waals surface area (Å²) in [6.45, 7) is 0.272. The molecule has 0 amide bonds. The molecule has 3 aromatic rings. The van der Waals surface area contributed by atoms with Crippen molar-refractivity contribution in [1.29, 1.82) is 0 Å². The molecule has 0 aliphatic heterocycles. The summed E-state index contributed by atoms with van der Waals surface area (Å²) >= 11 is 5.99. The van der Waals surface area contributed by atoms with Crippen LogP contribution in [0.25, 0.3) is 0 Å². The molecule has 0 spiro atoms. The number of rotatable bonds is 8. The van der Waals surface area contributed by atoms with Gasteiger partial charge in [-0.25, -0.2) is 0 Å². The van der Waals surface area contributed by atoms with Crippen LogP contribution in [-0.2, 0) is 20.9 Å². The summed E-state index contributed by atoms with van der Waals surface area (Å²) in [5.41, 5.74) is 2.25. The molecule has 0 atom stereocenters. The molecule has 0 unspecified atom stereocenters. The Labute approximate surface area is 173 Å². The van der Waals surface area contributed by atoms with E-state index in [-0.39, 0.29) is 0 Å². The van der Waals surface area contributed by atoms with Gasteiger partial charge in [0.15, 0.2) is 0 Å². The van der Waals surface area contributed by atoms with Crippen LogP contribution in [-0.4, -0.2) is 18.8 Å². The van der Waals surface area contributed by atoms with E-state index in [2.05, 4.69) is 96.5 Å². The molecule has 0 saturated heterocycles. The summed E-state index contributed by atoms with van der Waals surface area (Å²) in [6.07, 6.45) is 0. The average Bonchev–Trinajstić information content (AvgIpc) is 2.74. The molecule has 2 nitrogen and oxygen atoms in total. The Morgan fingerprint density at radius 2 is 0.964 bits per heavy atom. The summed E-state index contributed by atoms with van der Waals surface area (Å²) in [5.74, 6) is 0. The van der Waals surface area contributed by atoms with Crippen LogP contribution in [0.4, 0.5) is 0 Å². The zero-order valence-electron chi connectivity index (χ0n) is 16.3. The molecule has 0 bridgehead atoms. The Morgan fingerprint density at radius 1 is 0.643 bits per heavy atom.